The molecular weight excluding hydrogens is 186 g/mol. The fraction of sp³-hybridized carbons (Fsp3) is 0.500. The highest BCUT2D eigenvalue weighted by Crippen LogP contribution is 2.18. The number of rotatable bonds is 2. The van der Waals surface area contributed by atoms with Crippen molar-refractivity contribution >= 4 is 11.6 Å². The zero-order valence-electron chi connectivity index (χ0n) is 8.17. The van der Waals surface area contributed by atoms with Crippen molar-refractivity contribution in [3.05, 3.63) is 23.4 Å². The van der Waals surface area contributed by atoms with Crippen molar-refractivity contribution in [3.63, 3.8) is 0 Å². The Morgan fingerprint density at radius 1 is 1.46 bits per heavy atom. The SMILES string of the molecule is CC(C)(C)COc1cc(Cl)ccn1. The normalized spacial score (nSPS) is 11.4. The van der Waals surface area contributed by atoms with Crippen LogP contribution < -0.4 is 4.74 Å². The molecule has 0 atom stereocenters. The molecule has 0 aliphatic heterocycles. The Bertz CT molecular complexity index is 280. The molecule has 72 valence electrons. The molecule has 2 nitrogen and oxygen atoms in total. The topological polar surface area (TPSA) is 22.1 Å². The van der Waals surface area contributed by atoms with E-state index in [9.17, 15) is 0 Å². The van der Waals surface area contributed by atoms with E-state index in [0.717, 1.165) is 0 Å². The molecule has 0 aliphatic carbocycles. The zero-order chi connectivity index (χ0) is 9.90. The van der Waals surface area contributed by atoms with Gasteiger partial charge >= 0.3 is 0 Å². The molecule has 1 aromatic heterocycles. The van der Waals surface area contributed by atoms with Gasteiger partial charge < -0.3 is 4.74 Å². The van der Waals surface area contributed by atoms with Crippen molar-refractivity contribution in [2.45, 2.75) is 20.8 Å². The minimum atomic E-state index is 0.143. The van der Waals surface area contributed by atoms with Gasteiger partial charge in [-0.3, -0.25) is 0 Å². The summed E-state index contributed by atoms with van der Waals surface area (Å²) in [5.41, 5.74) is 0.143. The third-order valence-corrected chi connectivity index (χ3v) is 1.59. The van der Waals surface area contributed by atoms with E-state index in [1.165, 1.54) is 0 Å². The molecule has 0 aromatic carbocycles. The smallest absolute Gasteiger partial charge is 0.214 e. The standard InChI is InChI=1S/C10H14ClNO/c1-10(2,3)7-13-9-6-8(11)4-5-12-9/h4-6H,7H2,1-3H3. The first kappa shape index (κ1) is 10.3. The van der Waals surface area contributed by atoms with Crippen molar-refractivity contribution < 1.29 is 4.74 Å². The Labute approximate surface area is 83.9 Å². The van der Waals surface area contributed by atoms with Crippen LogP contribution in [0.2, 0.25) is 5.02 Å². The molecule has 0 unspecified atom stereocenters. The van der Waals surface area contributed by atoms with Gasteiger partial charge in [0.15, 0.2) is 0 Å². The Morgan fingerprint density at radius 2 is 2.15 bits per heavy atom. The van der Waals surface area contributed by atoms with Crippen LogP contribution in [0.15, 0.2) is 18.3 Å². The quantitative estimate of drug-likeness (QED) is 0.730. The molecule has 0 amide bonds. The predicted octanol–water partition coefficient (Wildman–Crippen LogP) is 3.16. The molecule has 0 fully saturated rings. The van der Waals surface area contributed by atoms with Crippen molar-refractivity contribution in [2.24, 2.45) is 5.41 Å². The zero-order valence-corrected chi connectivity index (χ0v) is 8.93. The van der Waals surface area contributed by atoms with Crippen LogP contribution in [0.1, 0.15) is 20.8 Å². The molecule has 3 heteroatoms. The fourth-order valence-corrected chi connectivity index (χ4v) is 0.904. The summed E-state index contributed by atoms with van der Waals surface area (Å²) in [5, 5.41) is 0.652. The lowest BCUT2D eigenvalue weighted by Crippen LogP contribution is -2.17. The maximum Gasteiger partial charge on any atom is 0.214 e. The van der Waals surface area contributed by atoms with Crippen LogP contribution in [0.3, 0.4) is 0 Å². The molecule has 0 spiro atoms. The molecule has 13 heavy (non-hydrogen) atoms. The summed E-state index contributed by atoms with van der Waals surface area (Å²) < 4.78 is 5.46. The number of ether oxygens (including phenoxy) is 1. The molecule has 1 aromatic rings. The van der Waals surface area contributed by atoms with Crippen molar-refractivity contribution in [3.8, 4) is 5.88 Å². The van der Waals surface area contributed by atoms with Gasteiger partial charge in [-0.25, -0.2) is 4.98 Å². The van der Waals surface area contributed by atoms with E-state index in [1.807, 2.05) is 0 Å². The highest BCUT2D eigenvalue weighted by molar-refractivity contribution is 6.30. The highest BCUT2D eigenvalue weighted by Gasteiger charge is 2.11. The van der Waals surface area contributed by atoms with E-state index in [4.69, 9.17) is 16.3 Å². The number of pyridine rings is 1. The molecule has 0 bridgehead atoms. The van der Waals surface area contributed by atoms with Crippen LogP contribution >= 0.6 is 11.6 Å². The van der Waals surface area contributed by atoms with Crippen LogP contribution in [-0.2, 0) is 0 Å². The van der Waals surface area contributed by atoms with Gasteiger partial charge in [-0.15, -0.1) is 0 Å². The number of nitrogens with zero attached hydrogens (tertiary/aromatic N) is 1. The molecule has 0 saturated carbocycles. The largest absolute Gasteiger partial charge is 0.477 e. The van der Waals surface area contributed by atoms with E-state index in [0.29, 0.717) is 17.5 Å². The van der Waals surface area contributed by atoms with Gasteiger partial charge in [0.25, 0.3) is 0 Å². The van der Waals surface area contributed by atoms with E-state index in [1.54, 1.807) is 18.3 Å². The predicted molar refractivity (Wildman–Crippen MR) is 54.2 cm³/mol. The maximum atomic E-state index is 5.77. The Kier molecular flexibility index (Phi) is 3.15. The number of halogens is 1. The van der Waals surface area contributed by atoms with Crippen LogP contribution in [0, 0.1) is 5.41 Å². The molecule has 0 radical (unpaired) electrons. The average molecular weight is 200 g/mol. The average Bonchev–Trinajstić information content (AvgIpc) is 2.00. The van der Waals surface area contributed by atoms with Gasteiger partial charge in [0.1, 0.15) is 0 Å². The molecule has 1 rings (SSSR count). The van der Waals surface area contributed by atoms with Gasteiger partial charge in [-0.05, 0) is 11.5 Å². The second-order valence-electron chi connectivity index (χ2n) is 4.16. The minimum absolute atomic E-state index is 0.143. The van der Waals surface area contributed by atoms with Gasteiger partial charge in [0.05, 0.1) is 6.61 Å². The van der Waals surface area contributed by atoms with Crippen molar-refractivity contribution in [2.75, 3.05) is 6.61 Å². The van der Waals surface area contributed by atoms with Gasteiger partial charge in [0.2, 0.25) is 5.88 Å². The first-order valence-electron chi connectivity index (χ1n) is 4.22. The Morgan fingerprint density at radius 3 is 2.69 bits per heavy atom. The summed E-state index contributed by atoms with van der Waals surface area (Å²) in [5.74, 6) is 0.586. The van der Waals surface area contributed by atoms with Crippen LogP contribution in [-0.4, -0.2) is 11.6 Å². The second kappa shape index (κ2) is 3.97. The summed E-state index contributed by atoms with van der Waals surface area (Å²) in [4.78, 5) is 4.04. The fourth-order valence-electron chi connectivity index (χ4n) is 0.755. The van der Waals surface area contributed by atoms with E-state index < -0.39 is 0 Å². The molecule has 0 aliphatic rings. The first-order valence-corrected chi connectivity index (χ1v) is 4.59. The highest BCUT2D eigenvalue weighted by atomic mass is 35.5. The van der Waals surface area contributed by atoms with E-state index in [-0.39, 0.29) is 5.41 Å². The lowest BCUT2D eigenvalue weighted by molar-refractivity contribution is 0.191. The third kappa shape index (κ3) is 4.13. The lowest BCUT2D eigenvalue weighted by Gasteiger charge is -2.18. The summed E-state index contributed by atoms with van der Waals surface area (Å²) in [6, 6.07) is 3.44. The summed E-state index contributed by atoms with van der Waals surface area (Å²) >= 11 is 5.77. The van der Waals surface area contributed by atoms with Gasteiger partial charge in [0, 0.05) is 17.3 Å². The summed E-state index contributed by atoms with van der Waals surface area (Å²) in [7, 11) is 0. The van der Waals surface area contributed by atoms with E-state index >= 15 is 0 Å². The summed E-state index contributed by atoms with van der Waals surface area (Å²) in [6.07, 6.45) is 1.64. The van der Waals surface area contributed by atoms with Crippen molar-refractivity contribution in [1.82, 2.24) is 4.98 Å². The summed E-state index contributed by atoms with van der Waals surface area (Å²) in [6.45, 7) is 6.97. The molecular formula is C10H14ClNO. The second-order valence-corrected chi connectivity index (χ2v) is 4.60. The maximum absolute atomic E-state index is 5.77. The Balaban J connectivity index is 2.55. The van der Waals surface area contributed by atoms with Crippen molar-refractivity contribution in [1.29, 1.82) is 0 Å². The Hall–Kier alpha value is -0.760. The number of hydrogen-bond acceptors (Lipinski definition) is 2. The number of aromatic nitrogens is 1. The minimum Gasteiger partial charge on any atom is -0.477 e. The van der Waals surface area contributed by atoms with Gasteiger partial charge in [-0.2, -0.15) is 0 Å². The third-order valence-electron chi connectivity index (χ3n) is 1.35. The van der Waals surface area contributed by atoms with Crippen LogP contribution in [0.5, 0.6) is 5.88 Å². The van der Waals surface area contributed by atoms with Crippen LogP contribution in [0.4, 0.5) is 0 Å². The van der Waals surface area contributed by atoms with Gasteiger partial charge in [-0.1, -0.05) is 32.4 Å². The first-order chi connectivity index (χ1) is 5.97. The van der Waals surface area contributed by atoms with Crippen LogP contribution in [0.25, 0.3) is 0 Å². The lowest BCUT2D eigenvalue weighted by atomic mass is 9.99. The monoisotopic (exact) mass is 199 g/mol. The molecule has 1 heterocycles. The molecule has 0 N–H and O–H groups in total. The molecule has 0 saturated heterocycles. The number of hydrogen-bond donors (Lipinski definition) is 0. The van der Waals surface area contributed by atoms with E-state index in [2.05, 4.69) is 25.8 Å².